The Morgan fingerprint density at radius 1 is 1.07 bits per heavy atom. The van der Waals surface area contributed by atoms with E-state index in [-0.39, 0.29) is 32.0 Å². The first-order chi connectivity index (χ1) is 13.8. The van der Waals surface area contributed by atoms with E-state index in [0.29, 0.717) is 12.1 Å². The highest BCUT2D eigenvalue weighted by Gasteiger charge is 2.37. The summed E-state index contributed by atoms with van der Waals surface area (Å²) in [6, 6.07) is 2.34. The number of benzene rings is 1. The molecule has 0 bridgehead atoms. The molecule has 0 aromatic heterocycles. The van der Waals surface area contributed by atoms with Crippen LogP contribution in [0.2, 0.25) is 0 Å². The number of carboxylic acids is 1. The number of nitriles is 1. The van der Waals surface area contributed by atoms with Crippen LogP contribution < -0.4 is 5.32 Å². The predicted octanol–water partition coefficient (Wildman–Crippen LogP) is 3.87. The summed E-state index contributed by atoms with van der Waals surface area (Å²) in [5, 5.41) is 20.2. The number of hydrogen-bond donors (Lipinski definition) is 2. The molecular weight excluding hydrogens is 420 g/mol. The van der Waals surface area contributed by atoms with Crippen LogP contribution in [0.5, 0.6) is 0 Å². The summed E-state index contributed by atoms with van der Waals surface area (Å²) in [5.41, 5.74) is -4.25. The second-order valence-corrected chi connectivity index (χ2v) is 6.51. The van der Waals surface area contributed by atoms with Crippen molar-refractivity contribution in [3.8, 4) is 6.07 Å². The van der Waals surface area contributed by atoms with Crippen molar-refractivity contribution in [3.63, 3.8) is 0 Å². The highest BCUT2D eigenvalue weighted by molar-refractivity contribution is 5.97. The number of piperidine rings is 1. The first-order valence-corrected chi connectivity index (χ1v) is 8.51. The van der Waals surface area contributed by atoms with Crippen molar-refractivity contribution < 1.29 is 41.0 Å². The molecule has 162 valence electrons. The van der Waals surface area contributed by atoms with E-state index in [0.717, 1.165) is 6.20 Å². The molecule has 1 amide bonds. The fraction of sp³-hybridized carbons (Fsp3) is 0.389. The Hall–Kier alpha value is -3.23. The van der Waals surface area contributed by atoms with Gasteiger partial charge in [0, 0.05) is 25.0 Å². The van der Waals surface area contributed by atoms with Gasteiger partial charge in [-0.05, 0) is 31.0 Å². The van der Waals surface area contributed by atoms with Crippen molar-refractivity contribution in [1.82, 2.24) is 4.90 Å². The molecule has 12 heteroatoms. The zero-order valence-electron chi connectivity index (χ0n) is 15.1. The monoisotopic (exact) mass is 435 g/mol. The minimum Gasteiger partial charge on any atom is -0.481 e. The fourth-order valence-corrected chi connectivity index (χ4v) is 2.84. The molecule has 30 heavy (non-hydrogen) atoms. The van der Waals surface area contributed by atoms with Gasteiger partial charge in [-0.1, -0.05) is 0 Å². The van der Waals surface area contributed by atoms with E-state index < -0.39 is 52.5 Å². The van der Waals surface area contributed by atoms with Gasteiger partial charge in [0.1, 0.15) is 11.6 Å². The number of aliphatic carboxylic acids is 1. The molecule has 0 saturated carbocycles. The number of rotatable bonds is 4. The fourth-order valence-electron chi connectivity index (χ4n) is 2.84. The minimum atomic E-state index is -5.04. The SMILES string of the molecule is N#C/C(=C/Nc1cc(C(F)(F)F)cc(C(F)(F)F)c1)C(=O)N1CCC(C(=O)O)CC1. The summed E-state index contributed by atoms with van der Waals surface area (Å²) in [5.74, 6) is -2.45. The summed E-state index contributed by atoms with van der Waals surface area (Å²) in [6.45, 7) is 0.104. The predicted molar refractivity (Wildman–Crippen MR) is 90.7 cm³/mol. The van der Waals surface area contributed by atoms with Gasteiger partial charge in [0.15, 0.2) is 0 Å². The number of carbonyl (C=O) groups excluding carboxylic acids is 1. The van der Waals surface area contributed by atoms with Crippen LogP contribution in [0.15, 0.2) is 30.0 Å². The highest BCUT2D eigenvalue weighted by Crippen LogP contribution is 2.37. The first-order valence-electron chi connectivity index (χ1n) is 8.51. The maximum absolute atomic E-state index is 12.9. The maximum Gasteiger partial charge on any atom is 0.416 e. The lowest BCUT2D eigenvalue weighted by Crippen LogP contribution is -2.40. The van der Waals surface area contributed by atoms with E-state index in [2.05, 4.69) is 5.32 Å². The Kier molecular flexibility index (Phi) is 6.64. The molecule has 0 atom stereocenters. The first kappa shape index (κ1) is 23.1. The number of hydrogen-bond acceptors (Lipinski definition) is 4. The Morgan fingerprint density at radius 3 is 1.97 bits per heavy atom. The molecule has 6 nitrogen and oxygen atoms in total. The Labute approximate surface area is 166 Å². The summed E-state index contributed by atoms with van der Waals surface area (Å²) in [7, 11) is 0. The quantitative estimate of drug-likeness (QED) is 0.426. The molecule has 1 aromatic rings. The maximum atomic E-state index is 12.9. The van der Waals surface area contributed by atoms with Crippen molar-refractivity contribution in [1.29, 1.82) is 5.26 Å². The van der Waals surface area contributed by atoms with Gasteiger partial charge < -0.3 is 15.3 Å². The standard InChI is InChI=1S/C18H15F6N3O3/c19-17(20,21)12-5-13(18(22,23)24)7-14(6-12)26-9-11(8-25)15(28)27-3-1-10(2-4-27)16(29)30/h5-7,9-10,26H,1-4H2,(H,29,30)/b11-9-. The summed E-state index contributed by atoms with van der Waals surface area (Å²) < 4.78 is 77.4. The molecule has 0 spiro atoms. The van der Waals surface area contributed by atoms with E-state index >= 15 is 0 Å². The van der Waals surface area contributed by atoms with E-state index in [9.17, 15) is 35.9 Å². The lowest BCUT2D eigenvalue weighted by atomic mass is 9.97. The van der Waals surface area contributed by atoms with Crippen molar-refractivity contribution in [2.75, 3.05) is 18.4 Å². The number of carboxylic acid groups (broad SMARTS) is 1. The van der Waals surface area contributed by atoms with Crippen LogP contribution in [0.1, 0.15) is 24.0 Å². The number of likely N-dealkylation sites (tertiary alicyclic amines) is 1. The molecule has 0 unspecified atom stereocenters. The molecule has 0 radical (unpaired) electrons. The van der Waals surface area contributed by atoms with Crippen molar-refractivity contribution >= 4 is 17.6 Å². The third-order valence-electron chi connectivity index (χ3n) is 4.45. The lowest BCUT2D eigenvalue weighted by Gasteiger charge is -2.29. The number of nitrogens with zero attached hydrogens (tertiary/aromatic N) is 2. The number of carbonyl (C=O) groups is 2. The lowest BCUT2D eigenvalue weighted by molar-refractivity contribution is -0.145. The van der Waals surface area contributed by atoms with Gasteiger partial charge >= 0.3 is 18.3 Å². The third kappa shape index (κ3) is 5.65. The Balaban J connectivity index is 2.23. The molecule has 1 aliphatic heterocycles. The highest BCUT2D eigenvalue weighted by atomic mass is 19.4. The van der Waals surface area contributed by atoms with Gasteiger partial charge in [-0.3, -0.25) is 9.59 Å². The van der Waals surface area contributed by atoms with Crippen molar-refractivity contribution in [3.05, 3.63) is 41.1 Å². The second-order valence-electron chi connectivity index (χ2n) is 6.51. The number of alkyl halides is 6. The molecule has 1 saturated heterocycles. The van der Waals surface area contributed by atoms with Crippen LogP contribution in [0, 0.1) is 17.2 Å². The van der Waals surface area contributed by atoms with Gasteiger partial charge in [0.2, 0.25) is 0 Å². The van der Waals surface area contributed by atoms with Gasteiger partial charge in [-0.15, -0.1) is 0 Å². The van der Waals surface area contributed by atoms with Gasteiger partial charge in [0.05, 0.1) is 17.0 Å². The normalized spacial score (nSPS) is 16.2. The van der Waals surface area contributed by atoms with Crippen LogP contribution in [0.3, 0.4) is 0 Å². The van der Waals surface area contributed by atoms with E-state index in [1.54, 1.807) is 0 Å². The van der Waals surface area contributed by atoms with Crippen LogP contribution >= 0.6 is 0 Å². The minimum absolute atomic E-state index is 0.0438. The molecule has 2 rings (SSSR count). The third-order valence-corrected chi connectivity index (χ3v) is 4.45. The van der Waals surface area contributed by atoms with Crippen molar-refractivity contribution in [2.45, 2.75) is 25.2 Å². The summed E-state index contributed by atoms with van der Waals surface area (Å²) >= 11 is 0. The Morgan fingerprint density at radius 2 is 1.57 bits per heavy atom. The smallest absolute Gasteiger partial charge is 0.416 e. The second kappa shape index (κ2) is 8.64. The molecule has 1 heterocycles. The van der Waals surface area contributed by atoms with E-state index in [4.69, 9.17) is 10.4 Å². The number of halogens is 6. The van der Waals surface area contributed by atoms with Gasteiger partial charge in [-0.2, -0.15) is 31.6 Å². The topological polar surface area (TPSA) is 93.4 Å². The number of amides is 1. The van der Waals surface area contributed by atoms with Crippen LogP contribution in [-0.4, -0.2) is 35.0 Å². The molecule has 1 aromatic carbocycles. The van der Waals surface area contributed by atoms with Crippen LogP contribution in [0.25, 0.3) is 0 Å². The molecule has 1 fully saturated rings. The molecule has 1 aliphatic rings. The Bertz CT molecular complexity index is 862. The van der Waals surface area contributed by atoms with Crippen molar-refractivity contribution in [2.24, 2.45) is 5.92 Å². The average molecular weight is 435 g/mol. The van der Waals surface area contributed by atoms with E-state index in [1.807, 2.05) is 0 Å². The van der Waals surface area contributed by atoms with E-state index in [1.165, 1.54) is 11.0 Å². The number of anilines is 1. The average Bonchev–Trinajstić information content (AvgIpc) is 2.66. The number of nitrogens with one attached hydrogen (secondary N) is 1. The summed E-state index contributed by atoms with van der Waals surface area (Å²) in [6.07, 6.45) is -9.03. The zero-order chi connectivity index (χ0) is 22.7. The zero-order valence-corrected chi connectivity index (χ0v) is 15.1. The summed E-state index contributed by atoms with van der Waals surface area (Å²) in [4.78, 5) is 24.5. The van der Waals surface area contributed by atoms with Crippen LogP contribution in [-0.2, 0) is 21.9 Å². The molecular formula is C18H15F6N3O3. The molecule has 2 N–H and O–H groups in total. The molecule has 0 aliphatic carbocycles. The van der Waals surface area contributed by atoms with Crippen LogP contribution in [0.4, 0.5) is 32.0 Å². The largest absolute Gasteiger partial charge is 0.481 e. The van der Waals surface area contributed by atoms with Gasteiger partial charge in [0.25, 0.3) is 5.91 Å². The van der Waals surface area contributed by atoms with Gasteiger partial charge in [-0.25, -0.2) is 0 Å².